The van der Waals surface area contributed by atoms with Gasteiger partial charge in [0.25, 0.3) is 5.91 Å². The van der Waals surface area contributed by atoms with Crippen LogP contribution in [-0.2, 0) is 4.79 Å². The number of carbonyl (C=O) groups excluding carboxylic acids is 2. The first kappa shape index (κ1) is 22.0. The van der Waals surface area contributed by atoms with Crippen LogP contribution in [0.3, 0.4) is 0 Å². The lowest BCUT2D eigenvalue weighted by atomic mass is 10.0. The highest BCUT2D eigenvalue weighted by molar-refractivity contribution is 7.80. The van der Waals surface area contributed by atoms with E-state index in [9.17, 15) is 9.59 Å². The van der Waals surface area contributed by atoms with Crippen LogP contribution in [0.2, 0.25) is 5.02 Å². The van der Waals surface area contributed by atoms with E-state index in [1.165, 1.54) is 5.56 Å². The fraction of sp³-hybridized carbons (Fsp3) is 0.261. The Morgan fingerprint density at radius 3 is 2.57 bits per heavy atom. The maximum absolute atomic E-state index is 12.5. The molecule has 0 unspecified atom stereocenters. The van der Waals surface area contributed by atoms with Crippen LogP contribution < -0.4 is 10.1 Å². The molecule has 5 nitrogen and oxygen atoms in total. The van der Waals surface area contributed by atoms with E-state index >= 15 is 0 Å². The van der Waals surface area contributed by atoms with Crippen LogP contribution in [0.1, 0.15) is 42.2 Å². The normalized spacial score (nSPS) is 10.9. The Morgan fingerprint density at radius 2 is 1.87 bits per heavy atom. The quantitative estimate of drug-likeness (QED) is 0.358. The summed E-state index contributed by atoms with van der Waals surface area (Å²) < 4.78 is 5.49. The fourth-order valence-electron chi connectivity index (χ4n) is 2.94. The number of carbonyl (C=O) groups is 2. The molecule has 2 aromatic carbocycles. The molecule has 3 aromatic rings. The van der Waals surface area contributed by atoms with Gasteiger partial charge in [0.15, 0.2) is 12.4 Å². The molecule has 0 radical (unpaired) electrons. The molecule has 0 atom stereocenters. The zero-order valence-electron chi connectivity index (χ0n) is 16.8. The number of aromatic amines is 1. The minimum absolute atomic E-state index is 0.0632. The Hall–Kier alpha value is -2.70. The third-order valence-corrected chi connectivity index (χ3v) is 5.16. The molecule has 1 aromatic heterocycles. The number of hydrogen-bond acceptors (Lipinski definition) is 4. The molecule has 0 saturated heterocycles. The molecule has 0 fully saturated rings. The topological polar surface area (TPSA) is 71.2 Å². The number of benzene rings is 2. The Morgan fingerprint density at radius 1 is 1.13 bits per heavy atom. The lowest BCUT2D eigenvalue weighted by Gasteiger charge is -2.09. The predicted octanol–water partition coefficient (Wildman–Crippen LogP) is 5.08. The Bertz CT molecular complexity index is 1070. The molecule has 30 heavy (non-hydrogen) atoms. The van der Waals surface area contributed by atoms with Gasteiger partial charge in [-0.15, -0.1) is 0 Å². The van der Waals surface area contributed by atoms with Crippen LogP contribution in [0.5, 0.6) is 5.75 Å². The molecule has 156 valence electrons. The van der Waals surface area contributed by atoms with E-state index in [1.54, 1.807) is 18.2 Å². The Balaban J connectivity index is 1.44. The van der Waals surface area contributed by atoms with Gasteiger partial charge in [0, 0.05) is 33.8 Å². The first-order valence-corrected chi connectivity index (χ1v) is 10.4. The van der Waals surface area contributed by atoms with Gasteiger partial charge in [0.2, 0.25) is 0 Å². The van der Waals surface area contributed by atoms with Crippen molar-refractivity contribution in [3.05, 3.63) is 64.8 Å². The number of thiocarbonyl (C=S) groups is 1. The number of rotatable bonds is 9. The van der Waals surface area contributed by atoms with Crippen LogP contribution >= 0.6 is 23.8 Å². The van der Waals surface area contributed by atoms with Crippen molar-refractivity contribution in [1.82, 2.24) is 10.3 Å². The standard InChI is InChI=1S/C23H23ClN2O3S/c1-14(2)15-3-6-18(7-4-15)29-13-23(28)25-12-19(30)11-22(27)21-10-16-9-17(24)5-8-20(16)26-21/h3-10,14,26H,11-13H2,1-2H3,(H,25,28). The monoisotopic (exact) mass is 442 g/mol. The number of H-pyrrole nitrogens is 1. The van der Waals surface area contributed by atoms with Gasteiger partial charge in [0.1, 0.15) is 5.75 Å². The van der Waals surface area contributed by atoms with Crippen molar-refractivity contribution in [3.63, 3.8) is 0 Å². The molecule has 1 heterocycles. The predicted molar refractivity (Wildman–Crippen MR) is 124 cm³/mol. The van der Waals surface area contributed by atoms with Gasteiger partial charge >= 0.3 is 0 Å². The average molecular weight is 443 g/mol. The summed E-state index contributed by atoms with van der Waals surface area (Å²) in [5, 5.41) is 4.16. The van der Waals surface area contributed by atoms with Crippen LogP contribution in [0.25, 0.3) is 10.9 Å². The van der Waals surface area contributed by atoms with Gasteiger partial charge in [-0.1, -0.05) is 49.8 Å². The molecule has 0 aliphatic carbocycles. The second-order valence-electron chi connectivity index (χ2n) is 7.34. The molecule has 0 spiro atoms. The highest BCUT2D eigenvalue weighted by Gasteiger charge is 2.13. The van der Waals surface area contributed by atoms with E-state index in [0.717, 1.165) is 10.9 Å². The number of aromatic nitrogens is 1. The largest absolute Gasteiger partial charge is 0.484 e. The highest BCUT2D eigenvalue weighted by Crippen LogP contribution is 2.21. The number of nitrogens with one attached hydrogen (secondary N) is 2. The zero-order chi connectivity index (χ0) is 21.7. The second-order valence-corrected chi connectivity index (χ2v) is 8.36. The number of Topliss-reactive ketones (excluding diaryl/α,β-unsaturated/α-hetero) is 1. The van der Waals surface area contributed by atoms with Gasteiger partial charge in [-0.05, 0) is 47.9 Å². The molecule has 3 rings (SSSR count). The van der Waals surface area contributed by atoms with E-state index in [0.29, 0.717) is 27.2 Å². The Labute approximate surface area is 185 Å². The van der Waals surface area contributed by atoms with Crippen molar-refractivity contribution in [2.24, 2.45) is 0 Å². The third kappa shape index (κ3) is 5.90. The third-order valence-electron chi connectivity index (χ3n) is 4.64. The lowest BCUT2D eigenvalue weighted by Crippen LogP contribution is -2.33. The van der Waals surface area contributed by atoms with Crippen molar-refractivity contribution in [2.75, 3.05) is 13.2 Å². The van der Waals surface area contributed by atoms with Crippen molar-refractivity contribution in [2.45, 2.75) is 26.2 Å². The number of amides is 1. The van der Waals surface area contributed by atoms with E-state index in [4.69, 9.17) is 28.6 Å². The van der Waals surface area contributed by atoms with E-state index in [-0.39, 0.29) is 31.3 Å². The van der Waals surface area contributed by atoms with Gasteiger partial charge in [-0.3, -0.25) is 9.59 Å². The van der Waals surface area contributed by atoms with E-state index < -0.39 is 0 Å². The summed E-state index contributed by atoms with van der Waals surface area (Å²) in [6.45, 7) is 4.26. The van der Waals surface area contributed by atoms with Gasteiger partial charge in [-0.25, -0.2) is 0 Å². The molecular formula is C23H23ClN2O3S. The highest BCUT2D eigenvalue weighted by atomic mass is 35.5. The lowest BCUT2D eigenvalue weighted by molar-refractivity contribution is -0.122. The van der Waals surface area contributed by atoms with Crippen LogP contribution in [0, 0.1) is 0 Å². The SMILES string of the molecule is CC(C)c1ccc(OCC(=O)NCC(=S)CC(=O)c2cc3cc(Cl)ccc3[nH]2)cc1. The number of halogens is 1. The van der Waals surface area contributed by atoms with Gasteiger partial charge in [-0.2, -0.15) is 0 Å². The summed E-state index contributed by atoms with van der Waals surface area (Å²) in [6, 6.07) is 14.8. The minimum atomic E-state index is -0.294. The number of hydrogen-bond donors (Lipinski definition) is 2. The first-order chi connectivity index (χ1) is 14.3. The molecule has 0 saturated carbocycles. The molecule has 0 aliphatic rings. The van der Waals surface area contributed by atoms with Gasteiger partial charge < -0.3 is 15.0 Å². The van der Waals surface area contributed by atoms with Crippen LogP contribution in [0.15, 0.2) is 48.5 Å². The zero-order valence-corrected chi connectivity index (χ0v) is 18.4. The molecule has 0 aliphatic heterocycles. The van der Waals surface area contributed by atoms with Gasteiger partial charge in [0.05, 0.1) is 5.69 Å². The van der Waals surface area contributed by atoms with Crippen molar-refractivity contribution in [1.29, 1.82) is 0 Å². The maximum Gasteiger partial charge on any atom is 0.258 e. The summed E-state index contributed by atoms with van der Waals surface area (Å²) in [7, 11) is 0. The maximum atomic E-state index is 12.5. The summed E-state index contributed by atoms with van der Waals surface area (Å²) in [5.41, 5.74) is 2.51. The van der Waals surface area contributed by atoms with Crippen LogP contribution in [0.4, 0.5) is 0 Å². The molecular weight excluding hydrogens is 420 g/mol. The van der Waals surface area contributed by atoms with E-state index in [2.05, 4.69) is 24.1 Å². The molecule has 0 bridgehead atoms. The summed E-state index contributed by atoms with van der Waals surface area (Å²) in [6.07, 6.45) is 0.0632. The van der Waals surface area contributed by atoms with Crippen molar-refractivity contribution < 1.29 is 14.3 Å². The number of fused-ring (bicyclic) bond motifs is 1. The smallest absolute Gasteiger partial charge is 0.258 e. The first-order valence-electron chi connectivity index (χ1n) is 9.64. The number of ether oxygens (including phenoxy) is 1. The molecule has 7 heteroatoms. The summed E-state index contributed by atoms with van der Waals surface area (Å²) in [5.74, 6) is 0.639. The second kappa shape index (κ2) is 9.87. The summed E-state index contributed by atoms with van der Waals surface area (Å²) in [4.78, 5) is 28.0. The van der Waals surface area contributed by atoms with Crippen molar-refractivity contribution in [3.8, 4) is 5.75 Å². The van der Waals surface area contributed by atoms with Crippen LogP contribution in [-0.4, -0.2) is 34.7 Å². The number of ketones is 1. The van der Waals surface area contributed by atoms with E-state index in [1.807, 2.05) is 30.3 Å². The fourth-order valence-corrected chi connectivity index (χ4v) is 3.32. The summed E-state index contributed by atoms with van der Waals surface area (Å²) >= 11 is 11.2. The molecule has 1 amide bonds. The molecule has 2 N–H and O–H groups in total. The Kier molecular flexibility index (Phi) is 7.24. The van der Waals surface area contributed by atoms with Crippen molar-refractivity contribution >= 4 is 51.3 Å². The average Bonchev–Trinajstić information content (AvgIpc) is 3.14. The minimum Gasteiger partial charge on any atom is -0.484 e.